The van der Waals surface area contributed by atoms with Gasteiger partial charge in [-0.05, 0) is 27.4 Å². The molecule has 1 unspecified atom stereocenters. The molecule has 0 saturated carbocycles. The second kappa shape index (κ2) is 6.38. The molecule has 7 heteroatoms. The molecule has 1 fully saturated rings. The lowest BCUT2D eigenvalue weighted by molar-refractivity contribution is 0.175. The number of hydrogen-bond donors (Lipinski definition) is 1. The molecule has 1 saturated heterocycles. The van der Waals surface area contributed by atoms with E-state index < -0.39 is 9.84 Å². The molecule has 1 aliphatic rings. The number of urea groups is 1. The van der Waals surface area contributed by atoms with Gasteiger partial charge in [-0.3, -0.25) is 0 Å². The number of sulfone groups is 1. The Hall–Kier alpha value is -1.08. The van der Waals surface area contributed by atoms with Crippen molar-refractivity contribution in [3.63, 3.8) is 0 Å². The molecule has 2 amide bonds. The number of amides is 2. The van der Waals surface area contributed by atoms with E-state index >= 15 is 0 Å². The van der Waals surface area contributed by atoms with Gasteiger partial charge >= 0.3 is 6.03 Å². The van der Waals surface area contributed by atoms with Crippen LogP contribution in [0, 0.1) is 0 Å². The van der Waals surface area contributed by atoms with Crippen LogP contribution in [0.5, 0.6) is 0 Å². The van der Waals surface area contributed by atoms with Gasteiger partial charge in [0, 0.05) is 24.8 Å². The Morgan fingerprint density at radius 1 is 1.37 bits per heavy atom. The van der Waals surface area contributed by atoms with Crippen molar-refractivity contribution >= 4 is 15.9 Å². The van der Waals surface area contributed by atoms with E-state index in [1.54, 1.807) is 11.8 Å². The summed E-state index contributed by atoms with van der Waals surface area (Å²) in [7, 11) is 0.835. The normalized spacial score (nSPS) is 21.4. The Kier molecular flexibility index (Phi) is 5.37. The molecule has 19 heavy (non-hydrogen) atoms. The topological polar surface area (TPSA) is 69.7 Å². The summed E-state index contributed by atoms with van der Waals surface area (Å²) in [5, 5.41) is 2.65. The molecular weight excluding hydrogens is 266 g/mol. The lowest BCUT2D eigenvalue weighted by Crippen LogP contribution is -2.48. The fourth-order valence-corrected chi connectivity index (χ4v) is 3.76. The van der Waals surface area contributed by atoms with Gasteiger partial charge in [-0.2, -0.15) is 0 Å². The van der Waals surface area contributed by atoms with Crippen LogP contribution < -0.4 is 5.32 Å². The van der Waals surface area contributed by atoms with Crippen LogP contribution in [0.2, 0.25) is 0 Å². The second-order valence-corrected chi connectivity index (χ2v) is 7.49. The first-order valence-corrected chi connectivity index (χ1v) is 8.11. The number of allylic oxidation sites excluding steroid dienone is 1. The van der Waals surface area contributed by atoms with Crippen LogP contribution in [-0.2, 0) is 9.84 Å². The van der Waals surface area contributed by atoms with Crippen molar-refractivity contribution in [1.29, 1.82) is 0 Å². The van der Waals surface area contributed by atoms with Gasteiger partial charge in [0.25, 0.3) is 0 Å². The average molecular weight is 289 g/mol. The smallest absolute Gasteiger partial charge is 0.319 e. The maximum Gasteiger partial charge on any atom is 0.321 e. The standard InChI is InChI=1S/C12H23N3O3S/c1-10(2)13-12(16)15(7-6-14(3)4)11-5-8-19(17,18)9-11/h11H,1,5-9H2,2-4H3,(H,13,16). The number of nitrogens with one attached hydrogen (secondary N) is 1. The van der Waals surface area contributed by atoms with Crippen molar-refractivity contribution in [3.8, 4) is 0 Å². The fourth-order valence-electron chi connectivity index (χ4n) is 2.03. The van der Waals surface area contributed by atoms with Crippen molar-refractivity contribution in [2.24, 2.45) is 0 Å². The Labute approximate surface area is 115 Å². The molecule has 1 N–H and O–H groups in total. The highest BCUT2D eigenvalue weighted by Crippen LogP contribution is 2.18. The molecule has 0 aromatic heterocycles. The van der Waals surface area contributed by atoms with E-state index in [1.807, 2.05) is 19.0 Å². The van der Waals surface area contributed by atoms with Crippen LogP contribution >= 0.6 is 0 Å². The van der Waals surface area contributed by atoms with Gasteiger partial charge in [0.05, 0.1) is 11.5 Å². The lowest BCUT2D eigenvalue weighted by atomic mass is 10.2. The Morgan fingerprint density at radius 2 is 2.00 bits per heavy atom. The van der Waals surface area contributed by atoms with Crippen LogP contribution in [0.4, 0.5) is 4.79 Å². The molecule has 110 valence electrons. The second-order valence-electron chi connectivity index (χ2n) is 5.26. The average Bonchev–Trinajstić information content (AvgIpc) is 2.57. The zero-order valence-electron chi connectivity index (χ0n) is 11.8. The predicted octanol–water partition coefficient (Wildman–Crippen LogP) is 0.280. The molecule has 6 nitrogen and oxygen atoms in total. The van der Waals surface area contributed by atoms with E-state index in [2.05, 4.69) is 11.9 Å². The van der Waals surface area contributed by atoms with Gasteiger partial charge in [0.2, 0.25) is 0 Å². The number of carbonyl (C=O) groups excluding carboxylic acids is 1. The molecule has 1 heterocycles. The summed E-state index contributed by atoms with van der Waals surface area (Å²) in [4.78, 5) is 15.7. The highest BCUT2D eigenvalue weighted by molar-refractivity contribution is 7.91. The summed E-state index contributed by atoms with van der Waals surface area (Å²) in [6.07, 6.45) is 0.513. The van der Waals surface area contributed by atoms with Gasteiger partial charge in [0.1, 0.15) is 0 Å². The summed E-state index contributed by atoms with van der Waals surface area (Å²) < 4.78 is 23.1. The summed E-state index contributed by atoms with van der Waals surface area (Å²) in [6, 6.07) is -0.499. The van der Waals surface area contributed by atoms with Gasteiger partial charge in [-0.25, -0.2) is 13.2 Å². The van der Waals surface area contributed by atoms with Crippen molar-refractivity contribution < 1.29 is 13.2 Å². The zero-order chi connectivity index (χ0) is 14.6. The van der Waals surface area contributed by atoms with Crippen LogP contribution in [0.1, 0.15) is 13.3 Å². The Bertz CT molecular complexity index is 445. The Balaban J connectivity index is 2.74. The van der Waals surface area contributed by atoms with Gasteiger partial charge in [0.15, 0.2) is 9.84 Å². The van der Waals surface area contributed by atoms with Crippen LogP contribution in [0.25, 0.3) is 0 Å². The number of hydrogen-bond acceptors (Lipinski definition) is 4. The van der Waals surface area contributed by atoms with E-state index in [9.17, 15) is 13.2 Å². The maximum absolute atomic E-state index is 12.1. The molecule has 0 aliphatic carbocycles. The highest BCUT2D eigenvalue weighted by atomic mass is 32.2. The molecule has 1 rings (SSSR count). The van der Waals surface area contributed by atoms with E-state index in [4.69, 9.17) is 0 Å². The molecule has 0 bridgehead atoms. The SMILES string of the molecule is C=C(C)NC(=O)N(CCN(C)C)C1CCS(=O)(=O)C1. The number of nitrogens with zero attached hydrogens (tertiary/aromatic N) is 2. The van der Waals surface area contributed by atoms with Crippen molar-refractivity contribution in [2.45, 2.75) is 19.4 Å². The van der Waals surface area contributed by atoms with Crippen molar-refractivity contribution in [2.75, 3.05) is 38.7 Å². The predicted molar refractivity (Wildman–Crippen MR) is 75.7 cm³/mol. The van der Waals surface area contributed by atoms with Crippen LogP contribution in [0.15, 0.2) is 12.3 Å². The van der Waals surface area contributed by atoms with Gasteiger partial charge in [-0.15, -0.1) is 0 Å². The first kappa shape index (κ1) is 16.0. The molecular formula is C12H23N3O3S. The van der Waals surface area contributed by atoms with Crippen LogP contribution in [-0.4, -0.2) is 69.0 Å². The van der Waals surface area contributed by atoms with Crippen molar-refractivity contribution in [1.82, 2.24) is 15.1 Å². The quantitative estimate of drug-likeness (QED) is 0.789. The Morgan fingerprint density at radius 3 is 2.42 bits per heavy atom. The largest absolute Gasteiger partial charge is 0.321 e. The minimum atomic E-state index is -3.00. The van der Waals surface area contributed by atoms with E-state index in [0.29, 0.717) is 25.2 Å². The van der Waals surface area contributed by atoms with Crippen LogP contribution in [0.3, 0.4) is 0 Å². The van der Waals surface area contributed by atoms with E-state index in [-0.39, 0.29) is 23.6 Å². The summed E-state index contributed by atoms with van der Waals surface area (Å²) >= 11 is 0. The molecule has 0 aromatic carbocycles. The van der Waals surface area contributed by atoms with Gasteiger partial charge in [-0.1, -0.05) is 6.58 Å². The summed E-state index contributed by atoms with van der Waals surface area (Å²) in [5.41, 5.74) is 0.556. The minimum Gasteiger partial charge on any atom is -0.319 e. The minimum absolute atomic E-state index is 0.0596. The third kappa shape index (κ3) is 5.20. The molecule has 1 aliphatic heterocycles. The third-order valence-corrected chi connectivity index (χ3v) is 4.77. The maximum atomic E-state index is 12.1. The summed E-state index contributed by atoms with van der Waals surface area (Å²) in [5.74, 6) is 0.223. The summed E-state index contributed by atoms with van der Waals surface area (Å²) in [6.45, 7) is 6.54. The number of rotatable bonds is 5. The molecule has 0 spiro atoms. The molecule has 0 aromatic rings. The lowest BCUT2D eigenvalue weighted by Gasteiger charge is -2.29. The van der Waals surface area contributed by atoms with Crippen molar-refractivity contribution in [3.05, 3.63) is 12.3 Å². The first-order chi connectivity index (χ1) is 8.71. The zero-order valence-corrected chi connectivity index (χ0v) is 12.7. The monoisotopic (exact) mass is 289 g/mol. The van der Waals surface area contributed by atoms with Gasteiger partial charge < -0.3 is 15.1 Å². The van der Waals surface area contributed by atoms with E-state index in [1.165, 1.54) is 0 Å². The number of likely N-dealkylation sites (N-methyl/N-ethyl adjacent to an activating group) is 1. The molecule has 1 atom stereocenters. The third-order valence-electron chi connectivity index (χ3n) is 3.02. The first-order valence-electron chi connectivity index (χ1n) is 6.29. The molecule has 0 radical (unpaired) electrons. The van der Waals surface area contributed by atoms with E-state index in [0.717, 1.165) is 0 Å². The number of carbonyl (C=O) groups is 1. The highest BCUT2D eigenvalue weighted by Gasteiger charge is 2.34. The fraction of sp³-hybridized carbons (Fsp3) is 0.750.